The van der Waals surface area contributed by atoms with E-state index >= 15 is 0 Å². The van der Waals surface area contributed by atoms with Crippen LogP contribution in [0.5, 0.6) is 5.75 Å². The lowest BCUT2D eigenvalue weighted by atomic mass is 9.78. The molecular formula is C33H33F7N2O4. The molecule has 6 nitrogen and oxygen atoms in total. The summed E-state index contributed by atoms with van der Waals surface area (Å²) in [5.74, 6) is -2.61. The van der Waals surface area contributed by atoms with Crippen LogP contribution in [0, 0.1) is 18.7 Å². The predicted octanol–water partition coefficient (Wildman–Crippen LogP) is 8.65. The van der Waals surface area contributed by atoms with Gasteiger partial charge in [-0.3, -0.25) is 14.6 Å². The Bertz CT molecular complexity index is 1590. The van der Waals surface area contributed by atoms with Gasteiger partial charge in [0.1, 0.15) is 11.6 Å². The Balaban J connectivity index is 1.67. The number of benzene rings is 2. The Kier molecular flexibility index (Phi) is 9.75. The molecule has 2 aromatic carbocycles. The first kappa shape index (κ1) is 34.7. The number of anilines is 1. The number of ketones is 1. The van der Waals surface area contributed by atoms with E-state index in [1.165, 1.54) is 38.2 Å². The fourth-order valence-corrected chi connectivity index (χ4v) is 5.89. The molecule has 1 heterocycles. The summed E-state index contributed by atoms with van der Waals surface area (Å²) in [5.41, 5.74) is -3.84. The number of hydrogen-bond donors (Lipinski definition) is 3. The van der Waals surface area contributed by atoms with Crippen molar-refractivity contribution in [3.05, 3.63) is 76.4 Å². The quantitative estimate of drug-likeness (QED) is 0.200. The number of aromatic nitrogens is 1. The van der Waals surface area contributed by atoms with Crippen molar-refractivity contribution < 1.29 is 50.5 Å². The van der Waals surface area contributed by atoms with Crippen LogP contribution in [-0.2, 0) is 27.4 Å². The Morgan fingerprint density at radius 1 is 0.913 bits per heavy atom. The number of aromatic hydroxyl groups is 1. The number of pyridine rings is 1. The second kappa shape index (κ2) is 12.9. The van der Waals surface area contributed by atoms with Gasteiger partial charge in [0, 0.05) is 12.3 Å². The zero-order chi connectivity index (χ0) is 34.2. The third-order valence-corrected chi connectivity index (χ3v) is 8.68. The summed E-state index contributed by atoms with van der Waals surface area (Å²) in [6, 6.07) is 4.90. The molecule has 3 aromatic rings. The largest absolute Gasteiger partial charge is 0.505 e. The highest BCUT2D eigenvalue weighted by molar-refractivity contribution is 5.94. The maximum atomic E-state index is 14.0. The van der Waals surface area contributed by atoms with Gasteiger partial charge in [0.15, 0.2) is 5.78 Å². The average molecular weight is 655 g/mol. The van der Waals surface area contributed by atoms with Gasteiger partial charge in [0.05, 0.1) is 46.2 Å². The third kappa shape index (κ3) is 7.61. The van der Waals surface area contributed by atoms with Crippen LogP contribution in [0.3, 0.4) is 0 Å². The molecule has 46 heavy (non-hydrogen) atoms. The van der Waals surface area contributed by atoms with Crippen LogP contribution in [0.2, 0.25) is 0 Å². The van der Waals surface area contributed by atoms with Crippen molar-refractivity contribution in [3.8, 4) is 16.9 Å². The highest BCUT2D eigenvalue weighted by Gasteiger charge is 2.40. The van der Waals surface area contributed by atoms with Gasteiger partial charge >= 0.3 is 18.3 Å². The lowest BCUT2D eigenvalue weighted by Crippen LogP contribution is -2.35. The molecule has 0 atom stereocenters. The Hall–Kier alpha value is -4.16. The fourth-order valence-electron chi connectivity index (χ4n) is 5.89. The van der Waals surface area contributed by atoms with Crippen molar-refractivity contribution in [2.24, 2.45) is 5.92 Å². The van der Waals surface area contributed by atoms with Crippen LogP contribution >= 0.6 is 0 Å². The summed E-state index contributed by atoms with van der Waals surface area (Å²) in [6.45, 7) is 3.49. The van der Waals surface area contributed by atoms with Gasteiger partial charge in [-0.05, 0) is 99.4 Å². The monoisotopic (exact) mass is 654 g/mol. The van der Waals surface area contributed by atoms with E-state index in [1.54, 1.807) is 6.92 Å². The van der Waals surface area contributed by atoms with Crippen molar-refractivity contribution in [2.75, 3.05) is 11.9 Å². The van der Waals surface area contributed by atoms with E-state index in [2.05, 4.69) is 10.3 Å². The number of nitrogens with zero attached hydrogens (tertiary/aromatic N) is 1. The van der Waals surface area contributed by atoms with Crippen LogP contribution < -0.4 is 5.32 Å². The van der Waals surface area contributed by atoms with Gasteiger partial charge in [-0.2, -0.15) is 26.3 Å². The summed E-state index contributed by atoms with van der Waals surface area (Å²) in [4.78, 5) is 29.0. The molecule has 0 unspecified atom stereocenters. The summed E-state index contributed by atoms with van der Waals surface area (Å²) in [7, 11) is 0. The number of aliphatic carboxylic acids is 1. The molecule has 1 aliphatic rings. The first-order chi connectivity index (χ1) is 21.3. The standard InChI is InChI=1S/C33H33F7N2O4/c1-17-10-23(34)8-9-24(17)28-25(15-42-29(30(28)46)19-6-4-18(5-7-19)11-27(44)45)41-16-26(43)31(2,3)20-12-21(32(35,36)37)14-22(13-20)33(38,39)40/h8-10,12-15,18-19,41,46H,4-7,11,16H2,1-3H3,(H,44,45). The van der Waals surface area contributed by atoms with Crippen LogP contribution in [0.15, 0.2) is 42.6 Å². The van der Waals surface area contributed by atoms with E-state index in [0.29, 0.717) is 54.6 Å². The lowest BCUT2D eigenvalue weighted by molar-refractivity contribution is -0.143. The minimum Gasteiger partial charge on any atom is -0.505 e. The number of carboxylic acid groups (broad SMARTS) is 1. The Morgan fingerprint density at radius 2 is 1.48 bits per heavy atom. The molecule has 248 valence electrons. The number of hydrogen-bond acceptors (Lipinski definition) is 5. The van der Waals surface area contributed by atoms with E-state index in [9.17, 15) is 45.4 Å². The Morgan fingerprint density at radius 3 is 2.00 bits per heavy atom. The number of nitrogens with one attached hydrogen (secondary N) is 1. The topological polar surface area (TPSA) is 99.5 Å². The van der Waals surface area contributed by atoms with Gasteiger partial charge in [-0.25, -0.2) is 4.39 Å². The summed E-state index contributed by atoms with van der Waals surface area (Å²) < 4.78 is 94.9. The summed E-state index contributed by atoms with van der Waals surface area (Å²) in [5, 5.41) is 23.5. The maximum absolute atomic E-state index is 14.0. The van der Waals surface area contributed by atoms with Crippen molar-refractivity contribution in [1.82, 2.24) is 4.98 Å². The second-order valence-electron chi connectivity index (χ2n) is 12.3. The second-order valence-corrected chi connectivity index (χ2v) is 12.3. The first-order valence-corrected chi connectivity index (χ1v) is 14.6. The summed E-state index contributed by atoms with van der Waals surface area (Å²) >= 11 is 0. The van der Waals surface area contributed by atoms with Crippen LogP contribution in [-0.4, -0.2) is 33.5 Å². The van der Waals surface area contributed by atoms with Crippen molar-refractivity contribution in [2.45, 2.75) is 76.6 Å². The average Bonchev–Trinajstić information content (AvgIpc) is 2.95. The van der Waals surface area contributed by atoms with E-state index in [0.717, 1.165) is 0 Å². The van der Waals surface area contributed by atoms with Crippen LogP contribution in [0.4, 0.5) is 36.4 Å². The molecule has 0 bridgehead atoms. The van der Waals surface area contributed by atoms with Gasteiger partial charge in [-0.15, -0.1) is 0 Å². The van der Waals surface area contributed by atoms with Crippen molar-refractivity contribution in [1.29, 1.82) is 0 Å². The number of rotatable bonds is 9. The van der Waals surface area contributed by atoms with E-state index in [4.69, 9.17) is 5.11 Å². The smallest absolute Gasteiger partial charge is 0.416 e. The van der Waals surface area contributed by atoms with E-state index in [1.807, 2.05) is 0 Å². The summed E-state index contributed by atoms with van der Waals surface area (Å²) in [6.07, 6.45) is -6.42. The molecule has 0 radical (unpaired) electrons. The number of carboxylic acids is 1. The Labute approximate surface area is 260 Å². The van der Waals surface area contributed by atoms with E-state index < -0.39 is 58.6 Å². The maximum Gasteiger partial charge on any atom is 0.416 e. The number of alkyl halides is 6. The van der Waals surface area contributed by atoms with Crippen LogP contribution in [0.25, 0.3) is 11.1 Å². The molecule has 0 aliphatic heterocycles. The molecule has 13 heteroatoms. The highest BCUT2D eigenvalue weighted by Crippen LogP contribution is 2.46. The molecule has 0 amide bonds. The first-order valence-electron chi connectivity index (χ1n) is 14.6. The fraction of sp³-hybridized carbons (Fsp3) is 0.424. The molecule has 3 N–H and O–H groups in total. The number of carbonyl (C=O) groups is 2. The highest BCUT2D eigenvalue weighted by atomic mass is 19.4. The van der Waals surface area contributed by atoms with Gasteiger partial charge in [0.25, 0.3) is 0 Å². The minimum absolute atomic E-state index is 0.00551. The van der Waals surface area contributed by atoms with Gasteiger partial charge in [0.2, 0.25) is 0 Å². The normalized spacial score (nSPS) is 17.5. The lowest BCUT2D eigenvalue weighted by Gasteiger charge is -2.29. The molecule has 0 saturated heterocycles. The zero-order valence-electron chi connectivity index (χ0n) is 25.2. The van der Waals surface area contributed by atoms with Crippen LogP contribution in [0.1, 0.15) is 79.8 Å². The number of Topliss-reactive ketones (excluding diaryl/α,β-unsaturated/α-hetero) is 1. The molecule has 1 aromatic heterocycles. The molecule has 1 saturated carbocycles. The van der Waals surface area contributed by atoms with Gasteiger partial charge < -0.3 is 15.5 Å². The van der Waals surface area contributed by atoms with Crippen molar-refractivity contribution >= 4 is 17.4 Å². The third-order valence-electron chi connectivity index (χ3n) is 8.68. The molecule has 0 spiro atoms. The number of carbonyl (C=O) groups excluding carboxylic acids is 1. The predicted molar refractivity (Wildman–Crippen MR) is 156 cm³/mol. The number of aryl methyl sites for hydroxylation is 1. The minimum atomic E-state index is -5.09. The molecular weight excluding hydrogens is 621 g/mol. The number of halogens is 7. The molecule has 1 fully saturated rings. The molecule has 4 rings (SSSR count). The van der Waals surface area contributed by atoms with Gasteiger partial charge in [-0.1, -0.05) is 6.07 Å². The zero-order valence-corrected chi connectivity index (χ0v) is 25.2. The SMILES string of the molecule is Cc1cc(F)ccc1-c1c(NCC(=O)C(C)(C)c2cc(C(F)(F)F)cc(C(F)(F)F)c2)cnc(C2CCC(CC(=O)O)CC2)c1O. The van der Waals surface area contributed by atoms with Crippen molar-refractivity contribution in [3.63, 3.8) is 0 Å². The van der Waals surface area contributed by atoms with E-state index in [-0.39, 0.29) is 41.3 Å². The molecule has 1 aliphatic carbocycles.